The molecule has 0 unspecified atom stereocenters. The Kier molecular flexibility index (Phi) is 3.71. The molecule has 0 bridgehead atoms. The minimum absolute atomic E-state index is 0.133. The lowest BCUT2D eigenvalue weighted by atomic mass is 9.85. The molecule has 0 saturated heterocycles. The van der Waals surface area contributed by atoms with Crippen LogP contribution in [0, 0.1) is 18.3 Å². The van der Waals surface area contributed by atoms with E-state index in [-0.39, 0.29) is 11.8 Å². The molecule has 136 valence electrons. The number of aromatic nitrogens is 2. The average Bonchev–Trinajstić information content (AvgIpc) is 3.35. The van der Waals surface area contributed by atoms with Gasteiger partial charge in [-0.1, -0.05) is 30.3 Å². The van der Waals surface area contributed by atoms with Crippen molar-refractivity contribution < 1.29 is 4.74 Å². The van der Waals surface area contributed by atoms with Gasteiger partial charge in [-0.2, -0.15) is 21.7 Å². The third-order valence-corrected chi connectivity index (χ3v) is 5.79. The zero-order valence-corrected chi connectivity index (χ0v) is 15.9. The van der Waals surface area contributed by atoms with Crippen molar-refractivity contribution in [2.45, 2.75) is 12.8 Å². The van der Waals surface area contributed by atoms with Gasteiger partial charge in [-0.25, -0.2) is 4.68 Å². The number of nitrogens with zero attached hydrogens (tertiary/aromatic N) is 3. The predicted octanol–water partition coefficient (Wildman–Crippen LogP) is 4.61. The molecule has 1 aliphatic rings. The molecule has 2 N–H and O–H groups in total. The summed E-state index contributed by atoms with van der Waals surface area (Å²) in [6.07, 6.45) is 0. The normalized spacial score (nSPS) is 15.9. The number of aryl methyl sites for hydroxylation is 1. The molecule has 1 atom stereocenters. The van der Waals surface area contributed by atoms with Crippen LogP contribution in [0.25, 0.3) is 16.5 Å². The second-order valence-electron chi connectivity index (χ2n) is 6.73. The van der Waals surface area contributed by atoms with Crippen LogP contribution < -0.4 is 10.5 Å². The van der Waals surface area contributed by atoms with Crippen LogP contribution in [0.3, 0.4) is 0 Å². The van der Waals surface area contributed by atoms with Crippen LogP contribution in [0.1, 0.15) is 22.7 Å². The van der Waals surface area contributed by atoms with E-state index in [2.05, 4.69) is 30.3 Å². The van der Waals surface area contributed by atoms with E-state index in [0.29, 0.717) is 11.5 Å². The van der Waals surface area contributed by atoms with Crippen molar-refractivity contribution in [3.8, 4) is 17.6 Å². The van der Waals surface area contributed by atoms with Gasteiger partial charge in [0.1, 0.15) is 11.6 Å². The van der Waals surface area contributed by atoms with Crippen molar-refractivity contribution >= 4 is 22.1 Å². The smallest absolute Gasteiger partial charge is 0.229 e. The molecule has 0 saturated carbocycles. The summed E-state index contributed by atoms with van der Waals surface area (Å²) in [5, 5.41) is 20.7. The van der Waals surface area contributed by atoms with Crippen molar-refractivity contribution in [3.63, 3.8) is 0 Å². The van der Waals surface area contributed by atoms with E-state index in [1.807, 2.05) is 41.9 Å². The first kappa shape index (κ1) is 16.6. The number of rotatable bonds is 2. The number of nitrogens with two attached hydrogens (primary N) is 1. The van der Waals surface area contributed by atoms with Crippen LogP contribution >= 0.6 is 11.3 Å². The minimum atomic E-state index is -0.269. The molecule has 0 amide bonds. The van der Waals surface area contributed by atoms with Gasteiger partial charge in [0.25, 0.3) is 0 Å². The fourth-order valence-electron chi connectivity index (χ4n) is 3.77. The highest BCUT2D eigenvalue weighted by Crippen LogP contribution is 2.45. The van der Waals surface area contributed by atoms with Crippen molar-refractivity contribution in [2.75, 3.05) is 0 Å². The third kappa shape index (κ3) is 2.41. The van der Waals surface area contributed by atoms with Crippen LogP contribution in [0.15, 0.2) is 70.7 Å². The van der Waals surface area contributed by atoms with E-state index in [9.17, 15) is 5.26 Å². The number of ether oxygens (including phenoxy) is 1. The summed E-state index contributed by atoms with van der Waals surface area (Å²) in [7, 11) is 0. The number of benzene rings is 2. The molecule has 0 aliphatic carbocycles. The summed E-state index contributed by atoms with van der Waals surface area (Å²) in [6, 6.07) is 18.6. The van der Waals surface area contributed by atoms with Gasteiger partial charge in [0.15, 0.2) is 0 Å². The Morgan fingerprint density at radius 3 is 2.75 bits per heavy atom. The Morgan fingerprint density at radius 2 is 2.00 bits per heavy atom. The van der Waals surface area contributed by atoms with Gasteiger partial charge in [0, 0.05) is 0 Å². The van der Waals surface area contributed by atoms with Crippen LogP contribution in [0.2, 0.25) is 0 Å². The first-order valence-corrected chi connectivity index (χ1v) is 9.80. The molecule has 0 fully saturated rings. The Hall–Kier alpha value is -3.56. The molecule has 4 aromatic rings. The van der Waals surface area contributed by atoms with E-state index in [4.69, 9.17) is 15.6 Å². The quantitative estimate of drug-likeness (QED) is 0.547. The molecule has 28 heavy (non-hydrogen) atoms. The Morgan fingerprint density at radius 1 is 1.18 bits per heavy atom. The maximum atomic E-state index is 9.70. The third-order valence-electron chi connectivity index (χ3n) is 5.09. The van der Waals surface area contributed by atoms with Crippen LogP contribution in [0.4, 0.5) is 0 Å². The van der Waals surface area contributed by atoms with Crippen LogP contribution in [-0.4, -0.2) is 9.78 Å². The van der Waals surface area contributed by atoms with E-state index in [1.165, 1.54) is 0 Å². The molecule has 0 radical (unpaired) electrons. The number of hydrogen-bond donors (Lipinski definition) is 1. The van der Waals surface area contributed by atoms with Crippen LogP contribution in [0.5, 0.6) is 5.88 Å². The number of fused-ring (bicyclic) bond motifs is 2. The molecule has 5 nitrogen and oxygen atoms in total. The molecular weight excluding hydrogens is 368 g/mol. The monoisotopic (exact) mass is 384 g/mol. The number of allylic oxidation sites excluding steroid dienone is 1. The van der Waals surface area contributed by atoms with Gasteiger partial charge >= 0.3 is 0 Å². The number of thiophene rings is 1. The lowest BCUT2D eigenvalue weighted by Gasteiger charge is -2.24. The maximum Gasteiger partial charge on any atom is 0.229 e. The van der Waals surface area contributed by atoms with Crippen molar-refractivity contribution in [1.29, 1.82) is 5.26 Å². The molecular formula is C22H16N4OS. The lowest BCUT2D eigenvalue weighted by Crippen LogP contribution is -2.21. The number of hydrogen-bond acceptors (Lipinski definition) is 5. The van der Waals surface area contributed by atoms with Crippen LogP contribution in [-0.2, 0) is 0 Å². The highest BCUT2D eigenvalue weighted by molar-refractivity contribution is 7.08. The predicted molar refractivity (Wildman–Crippen MR) is 109 cm³/mol. The lowest BCUT2D eigenvalue weighted by molar-refractivity contribution is 0.367. The van der Waals surface area contributed by atoms with Crippen molar-refractivity contribution in [3.05, 3.63) is 87.6 Å². The fraction of sp³-hybridized carbons (Fsp3) is 0.0909. The SMILES string of the molecule is Cc1nn(-c2ccc3ccccc3c2)c2c1[C@@H](c1ccsc1)C(C#N)=C(N)O2. The summed E-state index contributed by atoms with van der Waals surface area (Å²) in [5.41, 5.74) is 10.2. The van der Waals surface area contributed by atoms with Gasteiger partial charge in [0.2, 0.25) is 11.8 Å². The van der Waals surface area contributed by atoms with Gasteiger partial charge in [-0.15, -0.1) is 0 Å². The summed E-state index contributed by atoms with van der Waals surface area (Å²) in [6.45, 7) is 1.94. The van der Waals surface area contributed by atoms with E-state index < -0.39 is 0 Å². The van der Waals surface area contributed by atoms with Crippen molar-refractivity contribution in [2.24, 2.45) is 5.73 Å². The van der Waals surface area contributed by atoms with Gasteiger partial charge in [-0.3, -0.25) is 0 Å². The first-order valence-electron chi connectivity index (χ1n) is 8.85. The standard InChI is InChI=1S/C22H16N4OS/c1-13-19-20(16-8-9-28-12-16)18(11-23)21(24)27-22(19)26(25-13)17-7-6-14-4-2-3-5-15(14)10-17/h2-10,12,20H,24H2,1H3/t20-/m0/s1. The largest absolute Gasteiger partial charge is 0.422 e. The summed E-state index contributed by atoms with van der Waals surface area (Å²) in [4.78, 5) is 0. The second kappa shape index (κ2) is 6.25. The molecule has 2 aromatic carbocycles. The van der Waals surface area contributed by atoms with E-state index in [0.717, 1.165) is 33.3 Å². The maximum absolute atomic E-state index is 9.70. The first-order chi connectivity index (χ1) is 13.7. The molecule has 3 heterocycles. The topological polar surface area (TPSA) is 76.9 Å². The summed E-state index contributed by atoms with van der Waals surface area (Å²) < 4.78 is 7.70. The summed E-state index contributed by atoms with van der Waals surface area (Å²) >= 11 is 1.59. The molecule has 0 spiro atoms. The Balaban J connectivity index is 1.73. The van der Waals surface area contributed by atoms with E-state index >= 15 is 0 Å². The van der Waals surface area contributed by atoms with Gasteiger partial charge in [0.05, 0.1) is 22.9 Å². The molecule has 6 heteroatoms. The summed E-state index contributed by atoms with van der Waals surface area (Å²) in [5.74, 6) is 0.433. The Labute approximate surface area is 165 Å². The molecule has 5 rings (SSSR count). The minimum Gasteiger partial charge on any atom is -0.422 e. The number of nitriles is 1. The van der Waals surface area contributed by atoms with E-state index in [1.54, 1.807) is 16.0 Å². The zero-order valence-electron chi connectivity index (χ0n) is 15.1. The van der Waals surface area contributed by atoms with Gasteiger partial charge < -0.3 is 10.5 Å². The highest BCUT2D eigenvalue weighted by Gasteiger charge is 2.36. The Bertz CT molecular complexity index is 1280. The average molecular weight is 384 g/mol. The highest BCUT2D eigenvalue weighted by atomic mass is 32.1. The zero-order chi connectivity index (χ0) is 19.3. The fourth-order valence-corrected chi connectivity index (χ4v) is 4.46. The van der Waals surface area contributed by atoms with Gasteiger partial charge in [-0.05, 0) is 52.2 Å². The molecule has 2 aromatic heterocycles. The molecule has 1 aliphatic heterocycles. The second-order valence-corrected chi connectivity index (χ2v) is 7.51. The van der Waals surface area contributed by atoms with Crippen molar-refractivity contribution in [1.82, 2.24) is 9.78 Å².